The standard InChI is InChI=1S/C12H15FO3/c1-15-9-2-3-11(13)10(7-9)12-6-8(14)4-5-16-12/h2-3,7-8,12,14H,4-6H2,1H3. The summed E-state index contributed by atoms with van der Waals surface area (Å²) in [6.07, 6.45) is 0.259. The maximum atomic E-state index is 13.6. The van der Waals surface area contributed by atoms with Gasteiger partial charge >= 0.3 is 0 Å². The van der Waals surface area contributed by atoms with Crippen LogP contribution in [-0.4, -0.2) is 24.9 Å². The second-order valence-corrected chi connectivity index (χ2v) is 3.93. The molecule has 16 heavy (non-hydrogen) atoms. The van der Waals surface area contributed by atoms with E-state index < -0.39 is 6.10 Å². The Morgan fingerprint density at radius 3 is 3.00 bits per heavy atom. The summed E-state index contributed by atoms with van der Waals surface area (Å²) in [7, 11) is 1.54. The Balaban J connectivity index is 2.24. The van der Waals surface area contributed by atoms with Crippen LogP contribution in [0.15, 0.2) is 18.2 Å². The molecule has 0 bridgehead atoms. The molecule has 1 aromatic carbocycles. The van der Waals surface area contributed by atoms with Crippen molar-refractivity contribution < 1.29 is 19.0 Å². The number of aliphatic hydroxyl groups excluding tert-OH is 1. The first-order valence-corrected chi connectivity index (χ1v) is 5.34. The fraction of sp³-hybridized carbons (Fsp3) is 0.500. The molecule has 0 radical (unpaired) electrons. The first kappa shape index (κ1) is 11.4. The lowest BCUT2D eigenvalue weighted by atomic mass is 9.99. The highest BCUT2D eigenvalue weighted by Gasteiger charge is 2.24. The molecule has 1 heterocycles. The fourth-order valence-electron chi connectivity index (χ4n) is 1.89. The van der Waals surface area contributed by atoms with Crippen LogP contribution in [0.2, 0.25) is 0 Å². The van der Waals surface area contributed by atoms with Crippen molar-refractivity contribution in [2.24, 2.45) is 0 Å². The minimum Gasteiger partial charge on any atom is -0.497 e. The predicted octanol–water partition coefficient (Wildman–Crippen LogP) is 2.05. The van der Waals surface area contributed by atoms with Crippen molar-refractivity contribution in [1.82, 2.24) is 0 Å². The van der Waals surface area contributed by atoms with Crippen molar-refractivity contribution in [3.8, 4) is 5.75 Å². The molecule has 0 aliphatic carbocycles. The normalized spacial score (nSPS) is 25.4. The largest absolute Gasteiger partial charge is 0.497 e. The summed E-state index contributed by atoms with van der Waals surface area (Å²) < 4.78 is 24.1. The van der Waals surface area contributed by atoms with Crippen molar-refractivity contribution in [3.63, 3.8) is 0 Å². The Hall–Kier alpha value is -1.13. The molecule has 2 unspecified atom stereocenters. The van der Waals surface area contributed by atoms with Crippen molar-refractivity contribution in [2.45, 2.75) is 25.0 Å². The van der Waals surface area contributed by atoms with Gasteiger partial charge in [0.25, 0.3) is 0 Å². The molecule has 0 saturated carbocycles. The second-order valence-electron chi connectivity index (χ2n) is 3.93. The van der Waals surface area contributed by atoms with Crippen LogP contribution in [0.5, 0.6) is 5.75 Å². The Labute approximate surface area is 93.8 Å². The predicted molar refractivity (Wildman–Crippen MR) is 56.9 cm³/mol. The number of aliphatic hydroxyl groups is 1. The van der Waals surface area contributed by atoms with Gasteiger partial charge < -0.3 is 14.6 Å². The number of halogens is 1. The molecule has 0 spiro atoms. The van der Waals surface area contributed by atoms with Crippen LogP contribution >= 0.6 is 0 Å². The van der Waals surface area contributed by atoms with Gasteiger partial charge in [0.2, 0.25) is 0 Å². The fourth-order valence-corrected chi connectivity index (χ4v) is 1.89. The van der Waals surface area contributed by atoms with Gasteiger partial charge in [0.1, 0.15) is 11.6 Å². The molecule has 1 fully saturated rings. The minimum atomic E-state index is -0.413. The second kappa shape index (κ2) is 4.80. The molecular weight excluding hydrogens is 211 g/mol. The summed E-state index contributed by atoms with van der Waals surface area (Å²) in [5.41, 5.74) is 0.457. The number of rotatable bonds is 2. The molecule has 1 aromatic rings. The summed E-state index contributed by atoms with van der Waals surface area (Å²) in [5.74, 6) is 0.278. The average Bonchev–Trinajstić information content (AvgIpc) is 2.30. The molecule has 0 amide bonds. The molecular formula is C12H15FO3. The van der Waals surface area contributed by atoms with Crippen LogP contribution < -0.4 is 4.74 Å². The Kier molecular flexibility index (Phi) is 3.41. The van der Waals surface area contributed by atoms with Gasteiger partial charge in [-0.25, -0.2) is 4.39 Å². The van der Waals surface area contributed by atoms with E-state index in [1.807, 2.05) is 0 Å². The monoisotopic (exact) mass is 226 g/mol. The summed E-state index contributed by atoms with van der Waals surface area (Å²) in [6.45, 7) is 0.461. The lowest BCUT2D eigenvalue weighted by molar-refractivity contribution is -0.0462. The van der Waals surface area contributed by atoms with Gasteiger partial charge in [-0.3, -0.25) is 0 Å². The number of hydrogen-bond donors (Lipinski definition) is 1. The molecule has 1 aliphatic rings. The molecule has 4 heteroatoms. The van der Waals surface area contributed by atoms with Crippen molar-refractivity contribution in [2.75, 3.05) is 13.7 Å². The van der Waals surface area contributed by atoms with Crippen LogP contribution in [0.3, 0.4) is 0 Å². The topological polar surface area (TPSA) is 38.7 Å². The average molecular weight is 226 g/mol. The molecule has 1 saturated heterocycles. The number of hydrogen-bond acceptors (Lipinski definition) is 3. The zero-order valence-electron chi connectivity index (χ0n) is 9.15. The number of benzene rings is 1. The number of ether oxygens (including phenoxy) is 2. The molecule has 3 nitrogen and oxygen atoms in total. The van der Waals surface area contributed by atoms with Gasteiger partial charge in [0, 0.05) is 18.6 Å². The van der Waals surface area contributed by atoms with E-state index in [2.05, 4.69) is 0 Å². The van der Waals surface area contributed by atoms with Gasteiger partial charge in [-0.05, 0) is 24.6 Å². The summed E-state index contributed by atoms with van der Waals surface area (Å²) in [5, 5.41) is 9.52. The van der Waals surface area contributed by atoms with E-state index in [4.69, 9.17) is 9.47 Å². The third-order valence-electron chi connectivity index (χ3n) is 2.81. The van der Waals surface area contributed by atoms with Gasteiger partial charge in [-0.2, -0.15) is 0 Å². The summed E-state index contributed by atoms with van der Waals surface area (Å²) in [4.78, 5) is 0. The molecule has 2 atom stereocenters. The smallest absolute Gasteiger partial charge is 0.129 e. The van der Waals surface area contributed by atoms with E-state index in [-0.39, 0.29) is 11.9 Å². The molecule has 88 valence electrons. The van der Waals surface area contributed by atoms with E-state index in [0.717, 1.165) is 0 Å². The lowest BCUT2D eigenvalue weighted by Crippen LogP contribution is -2.24. The molecule has 1 N–H and O–H groups in total. The third-order valence-corrected chi connectivity index (χ3v) is 2.81. The van der Waals surface area contributed by atoms with Crippen LogP contribution in [0.1, 0.15) is 24.5 Å². The molecule has 0 aromatic heterocycles. The summed E-state index contributed by atoms with van der Waals surface area (Å²) >= 11 is 0. The quantitative estimate of drug-likeness (QED) is 0.838. The maximum Gasteiger partial charge on any atom is 0.129 e. The van der Waals surface area contributed by atoms with Crippen LogP contribution in [0.4, 0.5) is 4.39 Å². The molecule has 2 rings (SSSR count). The Morgan fingerprint density at radius 2 is 2.31 bits per heavy atom. The Morgan fingerprint density at radius 1 is 1.50 bits per heavy atom. The zero-order chi connectivity index (χ0) is 11.5. The van der Waals surface area contributed by atoms with Gasteiger partial charge in [-0.15, -0.1) is 0 Å². The van der Waals surface area contributed by atoms with E-state index >= 15 is 0 Å². The highest BCUT2D eigenvalue weighted by molar-refractivity contribution is 5.31. The highest BCUT2D eigenvalue weighted by Crippen LogP contribution is 2.31. The van der Waals surface area contributed by atoms with Crippen molar-refractivity contribution in [1.29, 1.82) is 0 Å². The van der Waals surface area contributed by atoms with Gasteiger partial charge in [-0.1, -0.05) is 0 Å². The van der Waals surface area contributed by atoms with E-state index in [1.54, 1.807) is 12.1 Å². The minimum absolute atomic E-state index is 0.320. The number of methoxy groups -OCH3 is 1. The van der Waals surface area contributed by atoms with E-state index in [9.17, 15) is 9.50 Å². The van der Waals surface area contributed by atoms with Crippen LogP contribution in [0.25, 0.3) is 0 Å². The van der Waals surface area contributed by atoms with Crippen molar-refractivity contribution >= 4 is 0 Å². The highest BCUT2D eigenvalue weighted by atomic mass is 19.1. The lowest BCUT2D eigenvalue weighted by Gasteiger charge is -2.27. The third kappa shape index (κ3) is 2.33. The van der Waals surface area contributed by atoms with Crippen LogP contribution in [-0.2, 0) is 4.74 Å². The van der Waals surface area contributed by atoms with Gasteiger partial charge in [0.05, 0.1) is 19.3 Å². The Bertz CT molecular complexity index is 367. The SMILES string of the molecule is COc1ccc(F)c(C2CC(O)CCO2)c1. The van der Waals surface area contributed by atoms with E-state index in [0.29, 0.717) is 30.8 Å². The van der Waals surface area contributed by atoms with Gasteiger partial charge in [0.15, 0.2) is 0 Å². The van der Waals surface area contributed by atoms with Crippen LogP contribution in [0, 0.1) is 5.82 Å². The maximum absolute atomic E-state index is 13.6. The molecule has 1 aliphatic heterocycles. The first-order chi connectivity index (χ1) is 7.70. The first-order valence-electron chi connectivity index (χ1n) is 5.34. The van der Waals surface area contributed by atoms with E-state index in [1.165, 1.54) is 13.2 Å². The zero-order valence-corrected chi connectivity index (χ0v) is 9.15. The summed E-state index contributed by atoms with van der Waals surface area (Å²) in [6, 6.07) is 4.55. The van der Waals surface area contributed by atoms with Crippen molar-refractivity contribution in [3.05, 3.63) is 29.6 Å².